The minimum atomic E-state index is -1.14. The van der Waals surface area contributed by atoms with Crippen LogP contribution in [-0.4, -0.2) is 34.7 Å². The molecule has 1 unspecified atom stereocenters. The molecule has 0 aliphatic heterocycles. The normalized spacial score (nSPS) is 11.6. The van der Waals surface area contributed by atoms with Crippen molar-refractivity contribution in [2.45, 2.75) is 32.6 Å². The first kappa shape index (κ1) is 16.1. The molecule has 0 aromatic carbocycles. The molecule has 0 spiro atoms. The Balaban J connectivity index is 4.31. The maximum Gasteiger partial charge on any atom is 0.333 e. The molecule has 0 aromatic heterocycles. The summed E-state index contributed by atoms with van der Waals surface area (Å²) in [5.41, 5.74) is 0.0567. The molecule has 0 radical (unpaired) electrons. The van der Waals surface area contributed by atoms with Gasteiger partial charge in [-0.15, -0.1) is 0 Å². The quantitative estimate of drug-likeness (QED) is 0.479. The van der Waals surface area contributed by atoms with Crippen molar-refractivity contribution >= 4 is 17.9 Å². The van der Waals surface area contributed by atoms with Crippen molar-refractivity contribution in [3.63, 3.8) is 0 Å². The summed E-state index contributed by atoms with van der Waals surface area (Å²) in [6.45, 7) is 5.56. The highest BCUT2D eigenvalue weighted by Crippen LogP contribution is 2.17. The van der Waals surface area contributed by atoms with Crippen molar-refractivity contribution < 1.29 is 29.3 Å². The van der Waals surface area contributed by atoms with Crippen molar-refractivity contribution in [2.24, 2.45) is 5.92 Å². The van der Waals surface area contributed by atoms with Crippen LogP contribution in [0.3, 0.4) is 0 Å². The predicted octanol–water partition coefficient (Wildman–Crippen LogP) is 1.45. The lowest BCUT2D eigenvalue weighted by atomic mass is 9.95. The molecule has 2 N–H and O–H groups in total. The maximum absolute atomic E-state index is 11.4. The monoisotopic (exact) mass is 258 g/mol. The average Bonchev–Trinajstić information content (AvgIpc) is 2.30. The number of carboxylic acids is 2. The van der Waals surface area contributed by atoms with E-state index in [1.165, 1.54) is 0 Å². The number of ether oxygens (including phenoxy) is 1. The van der Waals surface area contributed by atoms with E-state index in [1.54, 1.807) is 0 Å². The fourth-order valence-electron chi connectivity index (χ4n) is 1.29. The Labute approximate surface area is 105 Å². The van der Waals surface area contributed by atoms with E-state index in [9.17, 15) is 14.4 Å². The van der Waals surface area contributed by atoms with E-state index in [-0.39, 0.29) is 31.4 Å². The summed E-state index contributed by atoms with van der Waals surface area (Å²) in [4.78, 5) is 32.6. The summed E-state index contributed by atoms with van der Waals surface area (Å²) in [6.07, 6.45) is 0.282. The zero-order valence-electron chi connectivity index (χ0n) is 10.3. The first-order chi connectivity index (χ1) is 8.38. The fraction of sp³-hybridized carbons (Fsp3) is 0.583. The number of rotatable bonds is 9. The van der Waals surface area contributed by atoms with Crippen LogP contribution in [0.25, 0.3) is 0 Å². The molecule has 0 aromatic rings. The van der Waals surface area contributed by atoms with E-state index in [2.05, 4.69) is 6.58 Å². The third-order valence-electron chi connectivity index (χ3n) is 2.27. The molecule has 0 rings (SSSR count). The number of hydrogen-bond acceptors (Lipinski definition) is 4. The van der Waals surface area contributed by atoms with E-state index < -0.39 is 23.8 Å². The van der Waals surface area contributed by atoms with Gasteiger partial charge < -0.3 is 14.9 Å². The first-order valence-electron chi connectivity index (χ1n) is 5.68. The minimum Gasteiger partial charge on any atom is -0.481 e. The van der Waals surface area contributed by atoms with Crippen molar-refractivity contribution in [1.29, 1.82) is 0 Å². The Hall–Kier alpha value is -1.85. The van der Waals surface area contributed by atoms with Crippen molar-refractivity contribution in [3.8, 4) is 0 Å². The SMILES string of the molecule is C=C(CC(CCC(=O)O)C(=O)O)C(=O)OCCC. The number of hydrogen-bond donors (Lipinski definition) is 2. The van der Waals surface area contributed by atoms with E-state index in [1.807, 2.05) is 6.92 Å². The zero-order chi connectivity index (χ0) is 14.1. The molecule has 0 amide bonds. The van der Waals surface area contributed by atoms with Crippen LogP contribution in [0.5, 0.6) is 0 Å². The lowest BCUT2D eigenvalue weighted by Gasteiger charge is -2.12. The topological polar surface area (TPSA) is 101 Å². The van der Waals surface area contributed by atoms with Crippen LogP contribution in [-0.2, 0) is 19.1 Å². The summed E-state index contributed by atoms with van der Waals surface area (Å²) in [7, 11) is 0. The van der Waals surface area contributed by atoms with Gasteiger partial charge in [-0.25, -0.2) is 4.79 Å². The molecule has 0 aliphatic rings. The van der Waals surface area contributed by atoms with Gasteiger partial charge in [0.25, 0.3) is 0 Å². The summed E-state index contributed by atoms with van der Waals surface area (Å²) in [5, 5.41) is 17.4. The fourth-order valence-corrected chi connectivity index (χ4v) is 1.29. The minimum absolute atomic E-state index is 0.0370. The van der Waals surface area contributed by atoms with Crippen molar-refractivity contribution in [2.75, 3.05) is 6.61 Å². The standard InChI is InChI=1S/C12H18O6/c1-3-6-18-12(17)8(2)7-9(11(15)16)4-5-10(13)14/h9H,2-7H2,1H3,(H,13,14)(H,15,16). The van der Waals surface area contributed by atoms with Gasteiger partial charge in [-0.2, -0.15) is 0 Å². The Morgan fingerprint density at radius 2 is 1.89 bits per heavy atom. The second-order valence-corrected chi connectivity index (χ2v) is 3.91. The first-order valence-corrected chi connectivity index (χ1v) is 5.68. The maximum atomic E-state index is 11.4. The van der Waals surface area contributed by atoms with Crippen LogP contribution in [0.4, 0.5) is 0 Å². The van der Waals surface area contributed by atoms with Crippen LogP contribution < -0.4 is 0 Å². The van der Waals surface area contributed by atoms with Crippen molar-refractivity contribution in [1.82, 2.24) is 0 Å². The van der Waals surface area contributed by atoms with Crippen LogP contribution in [0.2, 0.25) is 0 Å². The number of carboxylic acid groups (broad SMARTS) is 2. The van der Waals surface area contributed by atoms with Gasteiger partial charge in [-0.3, -0.25) is 9.59 Å². The third kappa shape index (κ3) is 6.67. The Morgan fingerprint density at radius 3 is 2.33 bits per heavy atom. The summed E-state index contributed by atoms with van der Waals surface area (Å²) >= 11 is 0. The zero-order valence-corrected chi connectivity index (χ0v) is 10.3. The molecule has 0 heterocycles. The summed E-state index contributed by atoms with van der Waals surface area (Å²) in [6, 6.07) is 0. The smallest absolute Gasteiger partial charge is 0.333 e. The molecule has 102 valence electrons. The lowest BCUT2D eigenvalue weighted by molar-refractivity contribution is -0.143. The molecule has 0 aliphatic carbocycles. The molecular weight excluding hydrogens is 240 g/mol. The second kappa shape index (κ2) is 8.27. The van der Waals surface area contributed by atoms with Gasteiger partial charge in [-0.1, -0.05) is 13.5 Å². The third-order valence-corrected chi connectivity index (χ3v) is 2.27. The number of carbonyl (C=O) groups is 3. The number of aliphatic carboxylic acids is 2. The molecule has 0 fully saturated rings. The van der Waals surface area contributed by atoms with Gasteiger partial charge in [0.15, 0.2) is 0 Å². The number of esters is 1. The Bertz CT molecular complexity index is 333. The average molecular weight is 258 g/mol. The van der Waals surface area contributed by atoms with E-state index in [0.717, 1.165) is 0 Å². The van der Waals surface area contributed by atoms with Crippen molar-refractivity contribution in [3.05, 3.63) is 12.2 Å². The highest BCUT2D eigenvalue weighted by molar-refractivity contribution is 5.88. The highest BCUT2D eigenvalue weighted by Gasteiger charge is 2.22. The molecule has 1 atom stereocenters. The summed E-state index contributed by atoms with van der Waals surface area (Å²) < 4.78 is 4.81. The molecule has 0 saturated carbocycles. The molecule has 6 heteroatoms. The van der Waals surface area contributed by atoms with Crippen LogP contribution in [0, 0.1) is 5.92 Å². The van der Waals surface area contributed by atoms with E-state index in [4.69, 9.17) is 14.9 Å². The molecule has 0 saturated heterocycles. The highest BCUT2D eigenvalue weighted by atomic mass is 16.5. The largest absolute Gasteiger partial charge is 0.481 e. The second-order valence-electron chi connectivity index (χ2n) is 3.91. The van der Waals surface area contributed by atoms with Gasteiger partial charge >= 0.3 is 17.9 Å². The van der Waals surface area contributed by atoms with Crippen LogP contribution in [0.1, 0.15) is 32.6 Å². The van der Waals surface area contributed by atoms with Gasteiger partial charge in [0.1, 0.15) is 0 Å². The van der Waals surface area contributed by atoms with Gasteiger partial charge in [0, 0.05) is 12.0 Å². The molecule has 0 bridgehead atoms. The molecule has 6 nitrogen and oxygen atoms in total. The van der Waals surface area contributed by atoms with E-state index in [0.29, 0.717) is 6.42 Å². The van der Waals surface area contributed by atoms with Gasteiger partial charge in [0.2, 0.25) is 0 Å². The Kier molecular flexibility index (Phi) is 7.42. The Morgan fingerprint density at radius 1 is 1.28 bits per heavy atom. The lowest BCUT2D eigenvalue weighted by Crippen LogP contribution is -2.19. The predicted molar refractivity (Wildman–Crippen MR) is 63.0 cm³/mol. The van der Waals surface area contributed by atoms with E-state index >= 15 is 0 Å². The molecule has 18 heavy (non-hydrogen) atoms. The van der Waals surface area contributed by atoms with Crippen LogP contribution in [0.15, 0.2) is 12.2 Å². The number of carbonyl (C=O) groups excluding carboxylic acids is 1. The van der Waals surface area contributed by atoms with Gasteiger partial charge in [0.05, 0.1) is 12.5 Å². The van der Waals surface area contributed by atoms with Crippen LogP contribution >= 0.6 is 0 Å². The van der Waals surface area contributed by atoms with Gasteiger partial charge in [-0.05, 0) is 19.3 Å². The molecular formula is C12H18O6. The summed E-state index contributed by atoms with van der Waals surface area (Å²) in [5.74, 6) is -3.76.